The molecule has 1 N–H and O–H groups in total. The maximum atomic E-state index is 5.92. The van der Waals surface area contributed by atoms with Gasteiger partial charge in [0, 0.05) is 23.5 Å². The molecule has 4 heteroatoms. The molecule has 2 rings (SSSR count). The summed E-state index contributed by atoms with van der Waals surface area (Å²) in [4.78, 5) is 4.12. The fourth-order valence-electron chi connectivity index (χ4n) is 1.80. The lowest BCUT2D eigenvalue weighted by Crippen LogP contribution is -2.33. The first-order valence-electron chi connectivity index (χ1n) is 6.22. The van der Waals surface area contributed by atoms with Gasteiger partial charge in [0.1, 0.15) is 12.4 Å². The van der Waals surface area contributed by atoms with E-state index in [2.05, 4.69) is 16.4 Å². The SMILES string of the molecule is CNC(COc1cccc(Cl)c1)Cc1cccnc1. The van der Waals surface area contributed by atoms with Gasteiger partial charge in [0.2, 0.25) is 0 Å². The average Bonchev–Trinajstić information content (AvgIpc) is 2.44. The van der Waals surface area contributed by atoms with Crippen molar-refractivity contribution in [3.63, 3.8) is 0 Å². The van der Waals surface area contributed by atoms with Gasteiger partial charge in [-0.2, -0.15) is 0 Å². The van der Waals surface area contributed by atoms with Crippen molar-refractivity contribution in [2.45, 2.75) is 12.5 Å². The monoisotopic (exact) mass is 276 g/mol. The molecule has 0 saturated heterocycles. The van der Waals surface area contributed by atoms with E-state index in [9.17, 15) is 0 Å². The number of ether oxygens (including phenoxy) is 1. The number of rotatable bonds is 6. The first-order chi connectivity index (χ1) is 9.28. The van der Waals surface area contributed by atoms with Crippen LogP contribution in [-0.4, -0.2) is 24.7 Å². The van der Waals surface area contributed by atoms with Gasteiger partial charge in [-0.15, -0.1) is 0 Å². The normalized spacial score (nSPS) is 12.1. The summed E-state index contributed by atoms with van der Waals surface area (Å²) in [5.74, 6) is 0.791. The maximum absolute atomic E-state index is 5.92. The number of aromatic nitrogens is 1. The molecule has 1 aromatic carbocycles. The van der Waals surface area contributed by atoms with Crippen molar-refractivity contribution in [1.29, 1.82) is 0 Å². The standard InChI is InChI=1S/C15H17ClN2O/c1-17-14(8-12-4-3-7-18-10-12)11-19-15-6-2-5-13(16)9-15/h2-7,9-10,14,17H,8,11H2,1H3. The molecule has 0 fully saturated rings. The Bertz CT molecular complexity index is 505. The fourth-order valence-corrected chi connectivity index (χ4v) is 1.98. The molecular formula is C15H17ClN2O. The molecular weight excluding hydrogens is 260 g/mol. The van der Waals surface area contributed by atoms with Gasteiger partial charge in [0.05, 0.1) is 0 Å². The van der Waals surface area contributed by atoms with E-state index in [1.165, 1.54) is 5.56 Å². The minimum absolute atomic E-state index is 0.239. The Hall–Kier alpha value is -1.58. The van der Waals surface area contributed by atoms with Crippen LogP contribution in [0.5, 0.6) is 5.75 Å². The molecule has 0 aliphatic carbocycles. The molecule has 100 valence electrons. The highest BCUT2D eigenvalue weighted by Gasteiger charge is 2.08. The van der Waals surface area contributed by atoms with Crippen LogP contribution in [0.3, 0.4) is 0 Å². The van der Waals surface area contributed by atoms with Gasteiger partial charge in [-0.05, 0) is 43.3 Å². The van der Waals surface area contributed by atoms with Crippen LogP contribution in [0.4, 0.5) is 0 Å². The third kappa shape index (κ3) is 4.54. The van der Waals surface area contributed by atoms with Gasteiger partial charge in [-0.25, -0.2) is 0 Å². The number of hydrogen-bond acceptors (Lipinski definition) is 3. The first kappa shape index (κ1) is 13.8. The summed E-state index contributed by atoms with van der Waals surface area (Å²) in [6.07, 6.45) is 4.54. The lowest BCUT2D eigenvalue weighted by molar-refractivity contribution is 0.269. The van der Waals surface area contributed by atoms with Crippen molar-refractivity contribution in [2.75, 3.05) is 13.7 Å². The minimum atomic E-state index is 0.239. The van der Waals surface area contributed by atoms with Crippen LogP contribution < -0.4 is 10.1 Å². The molecule has 1 atom stereocenters. The smallest absolute Gasteiger partial charge is 0.120 e. The van der Waals surface area contributed by atoms with E-state index in [4.69, 9.17) is 16.3 Å². The third-order valence-electron chi connectivity index (χ3n) is 2.86. The van der Waals surface area contributed by atoms with Crippen LogP contribution in [0.25, 0.3) is 0 Å². The second kappa shape index (κ2) is 7.12. The molecule has 1 heterocycles. The Morgan fingerprint density at radius 1 is 1.32 bits per heavy atom. The van der Waals surface area contributed by atoms with Gasteiger partial charge >= 0.3 is 0 Å². The lowest BCUT2D eigenvalue weighted by Gasteiger charge is -2.17. The van der Waals surface area contributed by atoms with Gasteiger partial charge in [0.25, 0.3) is 0 Å². The van der Waals surface area contributed by atoms with Crippen LogP contribution in [0, 0.1) is 0 Å². The molecule has 2 aromatic rings. The third-order valence-corrected chi connectivity index (χ3v) is 3.10. The Labute approximate surface area is 118 Å². The maximum Gasteiger partial charge on any atom is 0.120 e. The number of nitrogens with one attached hydrogen (secondary N) is 1. The van der Waals surface area contributed by atoms with Crippen molar-refractivity contribution < 1.29 is 4.74 Å². The molecule has 0 aliphatic rings. The molecule has 0 spiro atoms. The van der Waals surface area contributed by atoms with Crippen molar-refractivity contribution in [3.05, 3.63) is 59.4 Å². The molecule has 1 unspecified atom stereocenters. The Morgan fingerprint density at radius 3 is 2.89 bits per heavy atom. The van der Waals surface area contributed by atoms with Gasteiger partial charge in [-0.1, -0.05) is 23.7 Å². The molecule has 0 amide bonds. The summed E-state index contributed by atoms with van der Waals surface area (Å²) in [6.45, 7) is 0.589. The van der Waals surface area contributed by atoms with E-state index in [1.54, 1.807) is 6.20 Å². The van der Waals surface area contributed by atoms with Gasteiger partial charge in [-0.3, -0.25) is 4.98 Å². The zero-order chi connectivity index (χ0) is 13.5. The van der Waals surface area contributed by atoms with Gasteiger partial charge < -0.3 is 10.1 Å². The zero-order valence-electron chi connectivity index (χ0n) is 10.8. The van der Waals surface area contributed by atoms with Crippen LogP contribution in [0.15, 0.2) is 48.8 Å². The zero-order valence-corrected chi connectivity index (χ0v) is 11.6. The molecule has 0 saturated carbocycles. The second-order valence-electron chi connectivity index (χ2n) is 4.32. The highest BCUT2D eigenvalue weighted by atomic mass is 35.5. The first-order valence-corrected chi connectivity index (χ1v) is 6.60. The number of pyridine rings is 1. The predicted octanol–water partition coefficient (Wildman–Crippen LogP) is 2.94. The minimum Gasteiger partial charge on any atom is -0.492 e. The van der Waals surface area contributed by atoms with Crippen LogP contribution >= 0.6 is 11.6 Å². The largest absolute Gasteiger partial charge is 0.492 e. The molecule has 3 nitrogen and oxygen atoms in total. The molecule has 0 aliphatic heterocycles. The number of likely N-dealkylation sites (N-methyl/N-ethyl adjacent to an activating group) is 1. The molecule has 0 radical (unpaired) electrons. The van der Waals surface area contributed by atoms with E-state index in [-0.39, 0.29) is 6.04 Å². The van der Waals surface area contributed by atoms with E-state index >= 15 is 0 Å². The summed E-state index contributed by atoms with van der Waals surface area (Å²) in [7, 11) is 1.93. The van der Waals surface area contributed by atoms with Crippen LogP contribution in [-0.2, 0) is 6.42 Å². The Morgan fingerprint density at radius 2 is 2.21 bits per heavy atom. The number of halogens is 1. The lowest BCUT2D eigenvalue weighted by atomic mass is 10.1. The van der Waals surface area contributed by atoms with Crippen molar-refractivity contribution in [1.82, 2.24) is 10.3 Å². The van der Waals surface area contributed by atoms with Crippen molar-refractivity contribution in [3.8, 4) is 5.75 Å². The second-order valence-corrected chi connectivity index (χ2v) is 4.76. The highest BCUT2D eigenvalue weighted by Crippen LogP contribution is 2.17. The summed E-state index contributed by atoms with van der Waals surface area (Å²) >= 11 is 5.92. The van der Waals surface area contributed by atoms with Gasteiger partial charge in [0.15, 0.2) is 0 Å². The Kier molecular flexibility index (Phi) is 5.19. The highest BCUT2D eigenvalue weighted by molar-refractivity contribution is 6.30. The quantitative estimate of drug-likeness (QED) is 0.881. The van der Waals surface area contributed by atoms with Crippen molar-refractivity contribution >= 4 is 11.6 Å². The summed E-state index contributed by atoms with van der Waals surface area (Å²) in [5.41, 5.74) is 1.19. The number of hydrogen-bond donors (Lipinski definition) is 1. The van der Waals surface area contributed by atoms with Crippen molar-refractivity contribution in [2.24, 2.45) is 0 Å². The van der Waals surface area contributed by atoms with E-state index in [1.807, 2.05) is 43.6 Å². The molecule has 1 aromatic heterocycles. The van der Waals surface area contributed by atoms with E-state index < -0.39 is 0 Å². The topological polar surface area (TPSA) is 34.1 Å². The average molecular weight is 277 g/mol. The van der Waals surface area contributed by atoms with Crippen LogP contribution in [0.1, 0.15) is 5.56 Å². The van der Waals surface area contributed by atoms with E-state index in [0.717, 1.165) is 12.2 Å². The number of benzene rings is 1. The van der Waals surface area contributed by atoms with Crippen LogP contribution in [0.2, 0.25) is 5.02 Å². The van der Waals surface area contributed by atoms with E-state index in [0.29, 0.717) is 11.6 Å². The summed E-state index contributed by atoms with van der Waals surface area (Å²) < 4.78 is 5.74. The summed E-state index contributed by atoms with van der Waals surface area (Å²) in [5, 5.41) is 3.94. The Balaban J connectivity index is 1.89. The predicted molar refractivity (Wildman–Crippen MR) is 77.7 cm³/mol. The molecule has 19 heavy (non-hydrogen) atoms. The fraction of sp³-hybridized carbons (Fsp3) is 0.267. The summed E-state index contributed by atoms with van der Waals surface area (Å²) in [6, 6.07) is 11.7. The molecule has 0 bridgehead atoms. The number of nitrogens with zero attached hydrogens (tertiary/aromatic N) is 1.